The van der Waals surface area contributed by atoms with E-state index in [0.29, 0.717) is 32.4 Å². The Labute approximate surface area is 311 Å². The van der Waals surface area contributed by atoms with Crippen LogP contribution >= 0.6 is 46.4 Å². The predicted octanol–water partition coefficient (Wildman–Crippen LogP) is 11.5. The molecule has 256 valence electrons. The van der Waals surface area contributed by atoms with Crippen molar-refractivity contribution >= 4 is 79.6 Å². The third-order valence-corrected chi connectivity index (χ3v) is 10.6. The van der Waals surface area contributed by atoms with Crippen LogP contribution in [0.4, 0.5) is 11.6 Å². The fraction of sp³-hybridized carbons (Fsp3) is 0.316. The summed E-state index contributed by atoms with van der Waals surface area (Å²) in [5.41, 5.74) is 3.10. The third kappa shape index (κ3) is 8.05. The zero-order valence-electron chi connectivity index (χ0n) is 27.3. The van der Waals surface area contributed by atoms with E-state index in [1.165, 1.54) is 51.4 Å². The highest BCUT2D eigenvalue weighted by molar-refractivity contribution is 6.36. The number of rotatable bonds is 6. The lowest BCUT2D eigenvalue weighted by Crippen LogP contribution is -2.23. The minimum atomic E-state index is 0.436. The second-order valence-electron chi connectivity index (χ2n) is 12.8. The van der Waals surface area contributed by atoms with E-state index < -0.39 is 0 Å². The van der Waals surface area contributed by atoms with Gasteiger partial charge in [-0.3, -0.25) is 9.97 Å². The van der Waals surface area contributed by atoms with Crippen molar-refractivity contribution in [1.82, 2.24) is 29.9 Å². The Hall–Kier alpha value is -3.82. The molecule has 2 N–H and O–H groups in total. The molecule has 8 nitrogen and oxygen atoms in total. The van der Waals surface area contributed by atoms with E-state index in [9.17, 15) is 0 Å². The van der Waals surface area contributed by atoms with Crippen molar-refractivity contribution in [3.63, 3.8) is 0 Å². The van der Waals surface area contributed by atoms with Gasteiger partial charge in [0.25, 0.3) is 0 Å². The van der Waals surface area contributed by atoms with Gasteiger partial charge in [0.05, 0.1) is 21.4 Å². The summed E-state index contributed by atoms with van der Waals surface area (Å²) in [4.78, 5) is 26.2. The molecule has 2 fully saturated rings. The maximum Gasteiger partial charge on any atom is 0.145 e. The molecule has 0 spiro atoms. The SMILES string of the molecule is Clc1c(-c2cc3cnccc3c(Cl)n2)ccnc1NC1CCCCC1.Clc1cnc(NC2CCCCC2)cc1-c1cc2cnccc2c(Cl)n1. The monoisotopic (exact) mass is 744 g/mol. The highest BCUT2D eigenvalue weighted by Crippen LogP contribution is 2.36. The molecule has 6 aromatic heterocycles. The highest BCUT2D eigenvalue weighted by Gasteiger charge is 2.19. The molecule has 0 atom stereocenters. The van der Waals surface area contributed by atoms with Gasteiger partial charge in [-0.2, -0.15) is 0 Å². The van der Waals surface area contributed by atoms with Gasteiger partial charge in [-0.25, -0.2) is 19.9 Å². The molecule has 8 rings (SSSR count). The van der Waals surface area contributed by atoms with Crippen LogP contribution in [-0.4, -0.2) is 42.0 Å². The second-order valence-corrected chi connectivity index (χ2v) is 14.3. The van der Waals surface area contributed by atoms with E-state index in [2.05, 4.69) is 40.5 Å². The third-order valence-electron chi connectivity index (χ3n) is 9.37. The second kappa shape index (κ2) is 16.0. The normalized spacial score (nSPS) is 15.4. The van der Waals surface area contributed by atoms with Crippen molar-refractivity contribution in [3.8, 4) is 22.5 Å². The fourth-order valence-corrected chi connectivity index (χ4v) is 7.73. The number of nitrogens with one attached hydrogen (secondary N) is 2. The summed E-state index contributed by atoms with van der Waals surface area (Å²) in [5, 5.41) is 12.7. The average molecular weight is 747 g/mol. The number of anilines is 2. The summed E-state index contributed by atoms with van der Waals surface area (Å²) in [7, 11) is 0. The number of pyridine rings is 6. The summed E-state index contributed by atoms with van der Waals surface area (Å²) in [6.45, 7) is 0. The van der Waals surface area contributed by atoms with E-state index in [0.717, 1.165) is 68.5 Å². The van der Waals surface area contributed by atoms with Gasteiger partial charge in [0.15, 0.2) is 0 Å². The van der Waals surface area contributed by atoms with Crippen LogP contribution in [0.2, 0.25) is 20.4 Å². The number of fused-ring (bicyclic) bond motifs is 2. The van der Waals surface area contributed by atoms with Crippen molar-refractivity contribution in [2.45, 2.75) is 76.3 Å². The lowest BCUT2D eigenvalue weighted by atomic mass is 9.95. The lowest BCUT2D eigenvalue weighted by molar-refractivity contribution is 0.462. The zero-order valence-corrected chi connectivity index (χ0v) is 30.4. The number of nitrogens with zero attached hydrogens (tertiary/aromatic N) is 6. The summed E-state index contributed by atoms with van der Waals surface area (Å²) in [6.07, 6.45) is 22.8. The first-order chi connectivity index (χ1) is 24.4. The maximum atomic E-state index is 6.64. The molecule has 12 heteroatoms. The highest BCUT2D eigenvalue weighted by atomic mass is 35.5. The van der Waals surface area contributed by atoms with Crippen molar-refractivity contribution < 1.29 is 0 Å². The zero-order chi connectivity index (χ0) is 34.5. The van der Waals surface area contributed by atoms with Crippen LogP contribution in [-0.2, 0) is 0 Å². The molecular formula is C38H36Cl4N8. The standard InChI is InChI=1S/2C19H18Cl2N4/c20-17-15(7-9-23-19(17)24-13-4-2-1-3-5-13)16-10-12-11-22-8-6-14(12)18(21)25-16;20-16-11-23-18(24-13-4-2-1-3-5-13)9-15(16)17-8-12-10-22-7-6-14(12)19(21)25-17/h2*6-11,13H,1-5H2,(H,23,24). The number of hydrogen-bond donors (Lipinski definition) is 2. The van der Waals surface area contributed by atoms with Crippen LogP contribution in [0.3, 0.4) is 0 Å². The van der Waals surface area contributed by atoms with Crippen molar-refractivity contribution in [2.24, 2.45) is 0 Å². The van der Waals surface area contributed by atoms with Crippen LogP contribution < -0.4 is 10.6 Å². The molecule has 2 aliphatic carbocycles. The van der Waals surface area contributed by atoms with Gasteiger partial charge >= 0.3 is 0 Å². The fourth-order valence-electron chi connectivity index (χ4n) is 6.74. The summed E-state index contributed by atoms with van der Waals surface area (Å²) in [5.74, 6) is 1.55. The van der Waals surface area contributed by atoms with E-state index >= 15 is 0 Å². The molecule has 0 saturated heterocycles. The minimum absolute atomic E-state index is 0.436. The van der Waals surface area contributed by atoms with Gasteiger partial charge in [0.1, 0.15) is 21.9 Å². The smallest absolute Gasteiger partial charge is 0.145 e. The predicted molar refractivity (Wildman–Crippen MR) is 207 cm³/mol. The quantitative estimate of drug-likeness (QED) is 0.162. The van der Waals surface area contributed by atoms with Crippen molar-refractivity contribution in [1.29, 1.82) is 0 Å². The van der Waals surface area contributed by atoms with E-state index in [1.54, 1.807) is 37.2 Å². The molecule has 0 bridgehead atoms. The molecule has 0 amide bonds. The number of hydrogen-bond acceptors (Lipinski definition) is 8. The Morgan fingerprint density at radius 1 is 0.560 bits per heavy atom. The largest absolute Gasteiger partial charge is 0.367 e. The number of aromatic nitrogens is 6. The molecule has 6 aromatic rings. The van der Waals surface area contributed by atoms with Crippen LogP contribution in [0.25, 0.3) is 44.1 Å². The summed E-state index contributed by atoms with van der Waals surface area (Å²) < 4.78 is 0. The summed E-state index contributed by atoms with van der Waals surface area (Å²) >= 11 is 25.7. The molecule has 2 saturated carbocycles. The molecule has 50 heavy (non-hydrogen) atoms. The van der Waals surface area contributed by atoms with Gasteiger partial charge in [0.2, 0.25) is 0 Å². The van der Waals surface area contributed by atoms with Crippen molar-refractivity contribution in [3.05, 3.63) is 93.9 Å². The molecule has 0 radical (unpaired) electrons. The summed E-state index contributed by atoms with van der Waals surface area (Å²) in [6, 6.07) is 12.4. The Kier molecular flexibility index (Phi) is 11.1. The molecule has 6 heterocycles. The Balaban J connectivity index is 0.000000157. The Morgan fingerprint density at radius 2 is 1.12 bits per heavy atom. The van der Waals surface area contributed by atoms with Crippen LogP contribution in [0.5, 0.6) is 0 Å². The molecule has 0 aromatic carbocycles. The van der Waals surface area contributed by atoms with E-state index in [4.69, 9.17) is 46.4 Å². The topological polar surface area (TPSA) is 101 Å². The van der Waals surface area contributed by atoms with Gasteiger partial charge in [-0.15, -0.1) is 0 Å². The van der Waals surface area contributed by atoms with Crippen molar-refractivity contribution in [2.75, 3.05) is 10.6 Å². The first-order valence-corrected chi connectivity index (χ1v) is 18.6. The Bertz CT molecular complexity index is 2030. The van der Waals surface area contributed by atoms with Gasteiger partial charge in [0, 0.05) is 81.9 Å². The first-order valence-electron chi connectivity index (χ1n) is 17.1. The first kappa shape index (κ1) is 34.6. The lowest BCUT2D eigenvalue weighted by Gasteiger charge is -2.24. The average Bonchev–Trinajstić information content (AvgIpc) is 3.14. The molecule has 0 unspecified atom stereocenters. The maximum absolute atomic E-state index is 6.64. The van der Waals surface area contributed by atoms with Gasteiger partial charge in [-0.1, -0.05) is 84.9 Å². The van der Waals surface area contributed by atoms with Crippen LogP contribution in [0.1, 0.15) is 64.2 Å². The van der Waals surface area contributed by atoms with Gasteiger partial charge < -0.3 is 10.6 Å². The Morgan fingerprint density at radius 3 is 1.72 bits per heavy atom. The van der Waals surface area contributed by atoms with Crippen LogP contribution in [0.15, 0.2) is 73.6 Å². The molecule has 2 aliphatic rings. The van der Waals surface area contributed by atoms with Gasteiger partial charge in [-0.05, 0) is 62.1 Å². The molecule has 0 aliphatic heterocycles. The minimum Gasteiger partial charge on any atom is -0.367 e. The van der Waals surface area contributed by atoms with E-state index in [1.807, 2.05) is 36.4 Å². The van der Waals surface area contributed by atoms with Crippen LogP contribution in [0, 0.1) is 0 Å². The number of halogens is 4. The molecular weight excluding hydrogens is 710 g/mol. The van der Waals surface area contributed by atoms with E-state index in [-0.39, 0.29) is 0 Å².